The van der Waals surface area contributed by atoms with Crippen LogP contribution in [0.25, 0.3) is 27.9 Å². The van der Waals surface area contributed by atoms with Gasteiger partial charge in [-0.25, -0.2) is 9.97 Å². The molecule has 2 heterocycles. The molecule has 4 rings (SSSR count). The molecule has 3 N–H and O–H groups in total. The summed E-state index contributed by atoms with van der Waals surface area (Å²) in [5, 5.41) is 21.3. The van der Waals surface area contributed by atoms with Gasteiger partial charge in [0.15, 0.2) is 11.5 Å². The fourth-order valence-corrected chi connectivity index (χ4v) is 3.72. The van der Waals surface area contributed by atoms with Crippen molar-refractivity contribution in [3.05, 3.63) is 46.9 Å². The van der Waals surface area contributed by atoms with Gasteiger partial charge in [0.25, 0.3) is 0 Å². The lowest BCUT2D eigenvalue weighted by molar-refractivity contribution is -0.122. The van der Waals surface area contributed by atoms with Crippen molar-refractivity contribution in [1.82, 2.24) is 24.9 Å². The molecule has 1 amide bonds. The van der Waals surface area contributed by atoms with Gasteiger partial charge in [-0.1, -0.05) is 6.07 Å². The van der Waals surface area contributed by atoms with Crippen LogP contribution in [-0.2, 0) is 4.79 Å². The second-order valence-corrected chi connectivity index (χ2v) is 9.22. The van der Waals surface area contributed by atoms with Gasteiger partial charge in [0, 0.05) is 22.0 Å². The number of para-hydroxylation sites is 1. The molecule has 0 saturated heterocycles. The lowest BCUT2D eigenvalue weighted by Gasteiger charge is -2.20. The molecule has 2 aromatic carbocycles. The Kier molecular flexibility index (Phi) is 6.22. The first kappa shape index (κ1) is 22.9. The standard InChI is InChI=1S/C23H25BrN6O3/c1-13(21(31)25-12-23(2,3)32)26-22-27-18-16(6-5-7-17(18)24)20-28-19(29-30(20)22)14-8-10-15(33-4)11-9-14/h5-11,13,32H,12H2,1-4H3,(H,25,31)(H,26,27)/t13-/m1/s1. The summed E-state index contributed by atoms with van der Waals surface area (Å²) in [5.41, 5.74) is 1.13. The molecule has 0 bridgehead atoms. The van der Waals surface area contributed by atoms with Gasteiger partial charge in [-0.15, -0.1) is 5.10 Å². The van der Waals surface area contributed by atoms with E-state index in [2.05, 4.69) is 31.7 Å². The zero-order valence-electron chi connectivity index (χ0n) is 18.8. The van der Waals surface area contributed by atoms with Crippen molar-refractivity contribution in [2.75, 3.05) is 19.0 Å². The number of carbonyl (C=O) groups excluding carboxylic acids is 1. The highest BCUT2D eigenvalue weighted by molar-refractivity contribution is 9.10. The van der Waals surface area contributed by atoms with E-state index in [0.717, 1.165) is 21.2 Å². The number of hydrogen-bond acceptors (Lipinski definition) is 7. The van der Waals surface area contributed by atoms with E-state index < -0.39 is 11.6 Å². The maximum Gasteiger partial charge on any atom is 0.242 e. The highest BCUT2D eigenvalue weighted by Gasteiger charge is 2.21. The maximum absolute atomic E-state index is 12.6. The minimum absolute atomic E-state index is 0.134. The Bertz CT molecular complexity index is 1310. The molecular formula is C23H25BrN6O3. The van der Waals surface area contributed by atoms with Crippen molar-refractivity contribution in [3.8, 4) is 17.1 Å². The van der Waals surface area contributed by atoms with Crippen molar-refractivity contribution in [3.63, 3.8) is 0 Å². The zero-order valence-corrected chi connectivity index (χ0v) is 20.3. The number of aliphatic hydroxyl groups is 1. The largest absolute Gasteiger partial charge is 0.497 e. The number of benzene rings is 2. The predicted molar refractivity (Wildman–Crippen MR) is 130 cm³/mol. The second-order valence-electron chi connectivity index (χ2n) is 8.37. The third kappa shape index (κ3) is 4.91. The van der Waals surface area contributed by atoms with E-state index in [0.29, 0.717) is 22.9 Å². The van der Waals surface area contributed by atoms with E-state index in [1.807, 2.05) is 42.5 Å². The van der Waals surface area contributed by atoms with Crippen LogP contribution in [0.3, 0.4) is 0 Å². The molecule has 0 fully saturated rings. The molecule has 172 valence electrons. The Labute approximate surface area is 199 Å². The van der Waals surface area contributed by atoms with Crippen LogP contribution in [0, 0.1) is 0 Å². The van der Waals surface area contributed by atoms with E-state index >= 15 is 0 Å². The lowest BCUT2D eigenvalue weighted by Crippen LogP contribution is -2.44. The number of hydrogen-bond donors (Lipinski definition) is 3. The van der Waals surface area contributed by atoms with Crippen molar-refractivity contribution < 1.29 is 14.6 Å². The monoisotopic (exact) mass is 512 g/mol. The Morgan fingerprint density at radius 2 is 1.94 bits per heavy atom. The van der Waals surface area contributed by atoms with Gasteiger partial charge < -0.3 is 20.5 Å². The summed E-state index contributed by atoms with van der Waals surface area (Å²) in [6.07, 6.45) is 0. The van der Waals surface area contributed by atoms with Crippen LogP contribution >= 0.6 is 15.9 Å². The summed E-state index contributed by atoms with van der Waals surface area (Å²) in [4.78, 5) is 22.1. The van der Waals surface area contributed by atoms with Crippen LogP contribution in [0.2, 0.25) is 0 Å². The maximum atomic E-state index is 12.6. The molecular weight excluding hydrogens is 488 g/mol. The van der Waals surface area contributed by atoms with Crippen molar-refractivity contribution in [2.45, 2.75) is 32.4 Å². The molecule has 10 heteroatoms. The molecule has 0 aliphatic carbocycles. The van der Waals surface area contributed by atoms with E-state index in [9.17, 15) is 9.90 Å². The molecule has 0 spiro atoms. The molecule has 2 aromatic heterocycles. The molecule has 0 unspecified atom stereocenters. The molecule has 33 heavy (non-hydrogen) atoms. The topological polar surface area (TPSA) is 114 Å². The number of halogens is 1. The average molecular weight is 513 g/mol. The quantitative estimate of drug-likeness (QED) is 0.347. The first-order valence-electron chi connectivity index (χ1n) is 10.4. The molecule has 0 saturated carbocycles. The highest BCUT2D eigenvalue weighted by atomic mass is 79.9. The first-order valence-corrected chi connectivity index (χ1v) is 11.2. The number of nitrogens with zero attached hydrogens (tertiary/aromatic N) is 4. The van der Waals surface area contributed by atoms with Crippen LogP contribution in [0.15, 0.2) is 46.9 Å². The third-order valence-corrected chi connectivity index (χ3v) is 5.68. The van der Waals surface area contributed by atoms with E-state index in [1.165, 1.54) is 0 Å². The highest BCUT2D eigenvalue weighted by Crippen LogP contribution is 2.29. The summed E-state index contributed by atoms with van der Waals surface area (Å²) in [6, 6.07) is 12.6. The summed E-state index contributed by atoms with van der Waals surface area (Å²) in [6.45, 7) is 5.12. The van der Waals surface area contributed by atoms with Gasteiger partial charge in [-0.05, 0) is 73.1 Å². The van der Waals surface area contributed by atoms with Crippen molar-refractivity contribution in [1.29, 1.82) is 0 Å². The molecule has 0 aliphatic heterocycles. The average Bonchev–Trinajstić information content (AvgIpc) is 3.24. The first-order chi connectivity index (χ1) is 15.7. The van der Waals surface area contributed by atoms with Crippen LogP contribution in [0.5, 0.6) is 5.75 Å². The molecule has 0 aliphatic rings. The van der Waals surface area contributed by atoms with Crippen LogP contribution in [-0.4, -0.2) is 55.9 Å². The number of anilines is 1. The second kappa shape index (κ2) is 8.95. The van der Waals surface area contributed by atoms with Crippen molar-refractivity contribution >= 4 is 44.3 Å². The molecule has 1 atom stereocenters. The Morgan fingerprint density at radius 1 is 1.21 bits per heavy atom. The zero-order chi connectivity index (χ0) is 23.8. The van der Waals surface area contributed by atoms with E-state index in [1.54, 1.807) is 32.4 Å². The Hall–Kier alpha value is -3.24. The fourth-order valence-electron chi connectivity index (χ4n) is 3.27. The summed E-state index contributed by atoms with van der Waals surface area (Å²) < 4.78 is 7.65. The normalized spacial score (nSPS) is 12.7. The lowest BCUT2D eigenvalue weighted by atomic mass is 10.1. The SMILES string of the molecule is COc1ccc(-c2nc3c4cccc(Br)c4nc(N[C@H](C)C(=O)NCC(C)(C)O)n3n2)cc1. The smallest absolute Gasteiger partial charge is 0.242 e. The van der Waals surface area contributed by atoms with Gasteiger partial charge >= 0.3 is 0 Å². The van der Waals surface area contributed by atoms with E-state index in [4.69, 9.17) is 14.7 Å². The summed E-state index contributed by atoms with van der Waals surface area (Å²) in [5.74, 6) is 1.37. The fraction of sp³-hybridized carbons (Fsp3) is 0.304. The van der Waals surface area contributed by atoms with Gasteiger partial charge in [-0.3, -0.25) is 4.79 Å². The minimum atomic E-state index is -1.01. The number of carbonyl (C=O) groups is 1. The molecule has 4 aromatic rings. The van der Waals surface area contributed by atoms with Crippen LogP contribution in [0.1, 0.15) is 20.8 Å². The van der Waals surface area contributed by atoms with Crippen molar-refractivity contribution in [2.24, 2.45) is 0 Å². The molecule has 0 radical (unpaired) electrons. The van der Waals surface area contributed by atoms with Gasteiger partial charge in [0.1, 0.15) is 11.8 Å². The number of nitrogens with one attached hydrogen (secondary N) is 2. The van der Waals surface area contributed by atoms with Gasteiger partial charge in [0.2, 0.25) is 11.9 Å². The number of rotatable bonds is 7. The molecule has 9 nitrogen and oxygen atoms in total. The van der Waals surface area contributed by atoms with Gasteiger partial charge in [0.05, 0.1) is 18.2 Å². The number of aromatic nitrogens is 4. The summed E-state index contributed by atoms with van der Waals surface area (Å²) in [7, 11) is 1.62. The Morgan fingerprint density at radius 3 is 2.61 bits per heavy atom. The third-order valence-electron chi connectivity index (χ3n) is 5.04. The number of methoxy groups -OCH3 is 1. The predicted octanol–water partition coefficient (Wildman–Crippen LogP) is 3.40. The van der Waals surface area contributed by atoms with Crippen LogP contribution in [0.4, 0.5) is 5.95 Å². The minimum Gasteiger partial charge on any atom is -0.497 e. The number of fused-ring (bicyclic) bond motifs is 3. The van der Waals surface area contributed by atoms with Gasteiger partial charge in [-0.2, -0.15) is 4.52 Å². The summed E-state index contributed by atoms with van der Waals surface area (Å²) >= 11 is 3.56. The number of ether oxygens (including phenoxy) is 1. The number of amides is 1. The Balaban J connectivity index is 1.76. The van der Waals surface area contributed by atoms with E-state index in [-0.39, 0.29) is 12.5 Å². The van der Waals surface area contributed by atoms with Crippen LogP contribution < -0.4 is 15.4 Å².